The van der Waals surface area contributed by atoms with Gasteiger partial charge in [-0.3, -0.25) is 4.79 Å². The van der Waals surface area contributed by atoms with Crippen LogP contribution in [0.3, 0.4) is 0 Å². The molecule has 0 aromatic carbocycles. The molecule has 1 aliphatic carbocycles. The van der Waals surface area contributed by atoms with E-state index in [1.165, 1.54) is 19.3 Å². The highest BCUT2D eigenvalue weighted by Gasteiger charge is 2.40. The summed E-state index contributed by atoms with van der Waals surface area (Å²) in [6.45, 7) is 3.75. The van der Waals surface area contributed by atoms with E-state index in [4.69, 9.17) is 5.73 Å². The van der Waals surface area contributed by atoms with Crippen LogP contribution in [0.2, 0.25) is 0 Å². The SMILES string of the molecule is CN1CCC(CN(C)C(=O)C2(CN)CCCCC2)CC1. The van der Waals surface area contributed by atoms with Crippen molar-refractivity contribution in [2.45, 2.75) is 44.9 Å². The molecule has 0 unspecified atom stereocenters. The third kappa shape index (κ3) is 3.53. The molecule has 0 aromatic heterocycles. The number of rotatable bonds is 4. The van der Waals surface area contributed by atoms with Crippen molar-refractivity contribution in [2.24, 2.45) is 17.1 Å². The third-order valence-electron chi connectivity index (χ3n) is 5.37. The van der Waals surface area contributed by atoms with Gasteiger partial charge in [-0.25, -0.2) is 0 Å². The van der Waals surface area contributed by atoms with Crippen molar-refractivity contribution < 1.29 is 4.79 Å². The summed E-state index contributed by atoms with van der Waals surface area (Å²) in [5.74, 6) is 0.970. The number of likely N-dealkylation sites (tertiary alicyclic amines) is 1. The number of amides is 1. The van der Waals surface area contributed by atoms with Gasteiger partial charge in [-0.15, -0.1) is 0 Å². The zero-order valence-electron chi connectivity index (χ0n) is 13.2. The van der Waals surface area contributed by atoms with E-state index in [1.807, 2.05) is 11.9 Å². The molecular weight excluding hydrogens is 250 g/mol. The summed E-state index contributed by atoms with van der Waals surface area (Å²) < 4.78 is 0. The first-order valence-corrected chi connectivity index (χ1v) is 8.21. The minimum Gasteiger partial charge on any atom is -0.345 e. The molecule has 1 heterocycles. The van der Waals surface area contributed by atoms with Gasteiger partial charge < -0.3 is 15.5 Å². The third-order valence-corrected chi connectivity index (χ3v) is 5.37. The molecule has 0 radical (unpaired) electrons. The van der Waals surface area contributed by atoms with Crippen molar-refractivity contribution in [2.75, 3.05) is 40.3 Å². The molecule has 2 N–H and O–H groups in total. The minimum atomic E-state index is -0.252. The zero-order valence-corrected chi connectivity index (χ0v) is 13.2. The summed E-state index contributed by atoms with van der Waals surface area (Å²) in [6, 6.07) is 0. The van der Waals surface area contributed by atoms with E-state index < -0.39 is 0 Å². The summed E-state index contributed by atoms with van der Waals surface area (Å²) in [4.78, 5) is 17.2. The molecule has 0 aromatic rings. The lowest BCUT2D eigenvalue weighted by molar-refractivity contribution is -0.143. The maximum atomic E-state index is 12.8. The summed E-state index contributed by atoms with van der Waals surface area (Å²) in [5, 5.41) is 0. The van der Waals surface area contributed by atoms with Crippen LogP contribution in [-0.4, -0.2) is 56.0 Å². The smallest absolute Gasteiger partial charge is 0.229 e. The van der Waals surface area contributed by atoms with Gasteiger partial charge >= 0.3 is 0 Å². The van der Waals surface area contributed by atoms with E-state index in [2.05, 4.69) is 11.9 Å². The summed E-state index contributed by atoms with van der Waals surface area (Å²) in [6.07, 6.45) is 7.97. The fraction of sp³-hybridized carbons (Fsp3) is 0.938. The summed E-state index contributed by atoms with van der Waals surface area (Å²) >= 11 is 0. The second-order valence-electron chi connectivity index (χ2n) is 6.98. The van der Waals surface area contributed by atoms with E-state index in [0.717, 1.165) is 45.3 Å². The van der Waals surface area contributed by atoms with Crippen LogP contribution in [0, 0.1) is 11.3 Å². The zero-order chi connectivity index (χ0) is 14.6. The minimum absolute atomic E-state index is 0.252. The van der Waals surface area contributed by atoms with E-state index in [0.29, 0.717) is 18.4 Å². The lowest BCUT2D eigenvalue weighted by Gasteiger charge is -2.39. The van der Waals surface area contributed by atoms with Crippen LogP contribution in [-0.2, 0) is 4.79 Å². The molecule has 4 heteroatoms. The molecule has 0 atom stereocenters. The number of hydrogen-bond donors (Lipinski definition) is 1. The molecular formula is C16H31N3O. The Morgan fingerprint density at radius 2 is 1.85 bits per heavy atom. The Morgan fingerprint density at radius 3 is 2.40 bits per heavy atom. The molecule has 116 valence electrons. The highest BCUT2D eigenvalue weighted by atomic mass is 16.2. The first-order valence-electron chi connectivity index (χ1n) is 8.21. The maximum Gasteiger partial charge on any atom is 0.229 e. The lowest BCUT2D eigenvalue weighted by atomic mass is 9.73. The van der Waals surface area contributed by atoms with E-state index in [9.17, 15) is 4.79 Å². The molecule has 4 nitrogen and oxygen atoms in total. The predicted octanol–water partition coefficient (Wildman–Crippen LogP) is 1.70. The highest BCUT2D eigenvalue weighted by Crippen LogP contribution is 2.37. The average molecular weight is 281 g/mol. The molecule has 0 bridgehead atoms. The normalized spacial score (nSPS) is 24.6. The molecule has 1 saturated carbocycles. The molecule has 1 saturated heterocycles. The van der Waals surface area contributed by atoms with Gasteiger partial charge in [0.2, 0.25) is 5.91 Å². The molecule has 1 amide bonds. The number of nitrogens with two attached hydrogens (primary N) is 1. The molecule has 2 fully saturated rings. The topological polar surface area (TPSA) is 49.6 Å². The second-order valence-corrected chi connectivity index (χ2v) is 6.98. The fourth-order valence-electron chi connectivity index (χ4n) is 3.85. The van der Waals surface area contributed by atoms with Crippen molar-refractivity contribution in [1.29, 1.82) is 0 Å². The Balaban J connectivity index is 1.90. The molecule has 20 heavy (non-hydrogen) atoms. The predicted molar refractivity (Wildman–Crippen MR) is 82.4 cm³/mol. The number of piperidine rings is 1. The van der Waals surface area contributed by atoms with Crippen molar-refractivity contribution in [1.82, 2.24) is 9.80 Å². The van der Waals surface area contributed by atoms with E-state index >= 15 is 0 Å². The number of hydrogen-bond acceptors (Lipinski definition) is 3. The van der Waals surface area contributed by atoms with Crippen LogP contribution in [0.25, 0.3) is 0 Å². The van der Waals surface area contributed by atoms with Crippen LogP contribution in [0.15, 0.2) is 0 Å². The second kappa shape index (κ2) is 6.90. The van der Waals surface area contributed by atoms with Gasteiger partial charge in [0.15, 0.2) is 0 Å². The van der Waals surface area contributed by atoms with Crippen molar-refractivity contribution >= 4 is 5.91 Å². The largest absolute Gasteiger partial charge is 0.345 e. The van der Waals surface area contributed by atoms with Crippen LogP contribution in [0.4, 0.5) is 0 Å². The summed E-state index contributed by atoms with van der Waals surface area (Å²) in [5.41, 5.74) is 5.72. The van der Waals surface area contributed by atoms with Crippen molar-refractivity contribution in [3.63, 3.8) is 0 Å². The first kappa shape index (κ1) is 15.8. The number of nitrogens with zero attached hydrogens (tertiary/aromatic N) is 2. The number of carbonyl (C=O) groups excluding carboxylic acids is 1. The molecule has 1 aliphatic heterocycles. The monoisotopic (exact) mass is 281 g/mol. The number of carbonyl (C=O) groups is 1. The quantitative estimate of drug-likeness (QED) is 0.853. The highest BCUT2D eigenvalue weighted by molar-refractivity contribution is 5.83. The van der Waals surface area contributed by atoms with Gasteiger partial charge in [-0.2, -0.15) is 0 Å². The van der Waals surface area contributed by atoms with Gasteiger partial charge in [-0.05, 0) is 51.7 Å². The van der Waals surface area contributed by atoms with Crippen LogP contribution < -0.4 is 5.73 Å². The fourth-order valence-corrected chi connectivity index (χ4v) is 3.85. The van der Waals surface area contributed by atoms with Gasteiger partial charge in [0.1, 0.15) is 0 Å². The van der Waals surface area contributed by atoms with E-state index in [1.54, 1.807) is 0 Å². The molecule has 2 rings (SSSR count). The van der Waals surface area contributed by atoms with Gasteiger partial charge in [0.05, 0.1) is 5.41 Å². The first-order chi connectivity index (χ1) is 9.57. The molecule has 2 aliphatic rings. The van der Waals surface area contributed by atoms with Crippen molar-refractivity contribution in [3.05, 3.63) is 0 Å². The maximum absolute atomic E-state index is 12.8. The van der Waals surface area contributed by atoms with Crippen LogP contribution in [0.5, 0.6) is 0 Å². The van der Waals surface area contributed by atoms with Crippen LogP contribution >= 0.6 is 0 Å². The van der Waals surface area contributed by atoms with Crippen molar-refractivity contribution in [3.8, 4) is 0 Å². The van der Waals surface area contributed by atoms with Gasteiger partial charge in [-0.1, -0.05) is 19.3 Å². The standard InChI is InChI=1S/C16H31N3O/c1-18-10-6-14(7-11-18)12-19(2)15(20)16(13-17)8-4-3-5-9-16/h14H,3-13,17H2,1-2H3. The van der Waals surface area contributed by atoms with E-state index in [-0.39, 0.29) is 5.41 Å². The Bertz CT molecular complexity index is 318. The summed E-state index contributed by atoms with van der Waals surface area (Å²) in [7, 11) is 4.16. The van der Waals surface area contributed by atoms with Crippen LogP contribution in [0.1, 0.15) is 44.9 Å². The van der Waals surface area contributed by atoms with Gasteiger partial charge in [0, 0.05) is 20.1 Å². The average Bonchev–Trinajstić information content (AvgIpc) is 2.49. The Hall–Kier alpha value is -0.610. The lowest BCUT2D eigenvalue weighted by Crippen LogP contribution is -2.49. The Morgan fingerprint density at radius 1 is 1.25 bits per heavy atom. The Kier molecular flexibility index (Phi) is 5.44. The van der Waals surface area contributed by atoms with Gasteiger partial charge in [0.25, 0.3) is 0 Å². The molecule has 0 spiro atoms. The Labute approximate surface area is 123 Å².